The molecule has 35 heavy (non-hydrogen) atoms. The molecule has 2 heterocycles. The number of alkyl halides is 3. The largest absolute Gasteiger partial charge is 0.450 e. The number of rotatable bonds is 7. The van der Waals surface area contributed by atoms with Gasteiger partial charge in [0.15, 0.2) is 5.75 Å². The number of hydrogen-bond donors (Lipinski definition) is 1. The Morgan fingerprint density at radius 1 is 1.20 bits per heavy atom. The molecule has 3 aromatic rings. The lowest BCUT2D eigenvalue weighted by molar-refractivity contribution is -0.145. The molecule has 0 bridgehead atoms. The topological polar surface area (TPSA) is 128 Å². The first-order valence-electron chi connectivity index (χ1n) is 9.36. The van der Waals surface area contributed by atoms with Gasteiger partial charge in [0, 0.05) is 32.5 Å². The Kier molecular flexibility index (Phi) is 7.17. The van der Waals surface area contributed by atoms with E-state index in [2.05, 4.69) is 4.98 Å². The van der Waals surface area contributed by atoms with E-state index >= 15 is 0 Å². The van der Waals surface area contributed by atoms with Crippen LogP contribution in [0.4, 0.5) is 17.6 Å². The average molecular weight is 519 g/mol. The van der Waals surface area contributed by atoms with Crippen molar-refractivity contribution in [2.45, 2.75) is 12.5 Å². The zero-order valence-electron chi connectivity index (χ0n) is 17.8. The molecule has 2 N–H and O–H groups in total. The minimum atomic E-state index is -5.00. The summed E-state index contributed by atoms with van der Waals surface area (Å²) in [5.74, 6) is -2.96. The maximum atomic E-state index is 14.7. The third-order valence-electron chi connectivity index (χ3n) is 4.47. The molecule has 0 saturated carbocycles. The van der Waals surface area contributed by atoms with Gasteiger partial charge in [0.25, 0.3) is 23.6 Å². The smallest absolute Gasteiger partial charge is 0.431 e. The van der Waals surface area contributed by atoms with Crippen LogP contribution in [0.1, 0.15) is 5.69 Å². The van der Waals surface area contributed by atoms with Gasteiger partial charge in [-0.3, -0.25) is 14.2 Å². The third kappa shape index (κ3) is 5.27. The van der Waals surface area contributed by atoms with Crippen LogP contribution in [0.5, 0.6) is 17.4 Å². The second kappa shape index (κ2) is 9.76. The van der Waals surface area contributed by atoms with Gasteiger partial charge in [-0.2, -0.15) is 13.2 Å². The van der Waals surface area contributed by atoms with Crippen molar-refractivity contribution in [3.05, 3.63) is 73.9 Å². The molecule has 15 heteroatoms. The molecule has 10 nitrogen and oxygen atoms in total. The van der Waals surface area contributed by atoms with E-state index in [4.69, 9.17) is 31.5 Å². The lowest BCUT2D eigenvalue weighted by atomic mass is 10.2. The van der Waals surface area contributed by atoms with Crippen molar-refractivity contribution < 1.29 is 36.6 Å². The maximum absolute atomic E-state index is 14.7. The first-order chi connectivity index (χ1) is 16.3. The van der Waals surface area contributed by atoms with Gasteiger partial charge in [-0.15, -0.1) is 0 Å². The first-order valence-corrected chi connectivity index (χ1v) is 9.74. The van der Waals surface area contributed by atoms with Crippen molar-refractivity contribution in [3.8, 4) is 23.1 Å². The van der Waals surface area contributed by atoms with E-state index in [0.717, 1.165) is 20.2 Å². The molecular formula is C20H15ClF4N4O6. The number of pyridine rings is 1. The van der Waals surface area contributed by atoms with Gasteiger partial charge in [-0.05, 0) is 18.2 Å². The Morgan fingerprint density at radius 2 is 1.89 bits per heavy atom. The van der Waals surface area contributed by atoms with Crippen molar-refractivity contribution in [2.24, 2.45) is 12.8 Å². The van der Waals surface area contributed by atoms with Crippen LogP contribution in [-0.2, 0) is 22.8 Å². The zero-order chi connectivity index (χ0) is 26.1. The Balaban J connectivity index is 2.11. The van der Waals surface area contributed by atoms with Gasteiger partial charge < -0.3 is 19.9 Å². The summed E-state index contributed by atoms with van der Waals surface area (Å²) in [7, 11) is 1.92. The lowest BCUT2D eigenvalue weighted by Gasteiger charge is -2.17. The molecule has 1 unspecified atom stereocenters. The Labute approximate surface area is 198 Å². The highest BCUT2D eigenvalue weighted by atomic mass is 35.5. The average Bonchev–Trinajstić information content (AvgIpc) is 2.77. The fourth-order valence-electron chi connectivity index (χ4n) is 2.87. The molecule has 186 valence electrons. The third-order valence-corrected chi connectivity index (χ3v) is 4.77. The van der Waals surface area contributed by atoms with Gasteiger partial charge in [-0.25, -0.2) is 18.7 Å². The lowest BCUT2D eigenvalue weighted by Crippen LogP contribution is -2.41. The second-order valence-corrected chi connectivity index (χ2v) is 7.18. The van der Waals surface area contributed by atoms with Crippen LogP contribution < -0.4 is 26.5 Å². The van der Waals surface area contributed by atoms with E-state index in [1.165, 1.54) is 18.3 Å². The Bertz CT molecular complexity index is 1410. The summed E-state index contributed by atoms with van der Waals surface area (Å²) in [6.07, 6.45) is -5.26. The number of carbonyl (C=O) groups excluding carboxylic acids is 1. The summed E-state index contributed by atoms with van der Waals surface area (Å²) in [6.45, 7) is 0. The van der Waals surface area contributed by atoms with Crippen molar-refractivity contribution in [1.82, 2.24) is 14.1 Å². The number of nitrogens with zero attached hydrogens (tertiary/aromatic N) is 3. The summed E-state index contributed by atoms with van der Waals surface area (Å²) in [4.78, 5) is 40.2. The van der Waals surface area contributed by atoms with E-state index in [-0.39, 0.29) is 37.6 Å². The molecule has 0 aliphatic rings. The standard InChI is InChI=1S/C20H15ClF4N4O6/c1-28-14(20(23,24)25)8-15(30)29(19(28)32)11-7-13(9(21)6-10(11)22)34-12-4-3-5-27-17(12)35-18(33-2)16(26)31/h3-8,18H,1-2H3,(H2,26,31). The van der Waals surface area contributed by atoms with Crippen LogP contribution in [0.3, 0.4) is 0 Å². The summed E-state index contributed by atoms with van der Waals surface area (Å²) < 4.78 is 70.0. The van der Waals surface area contributed by atoms with Crippen LogP contribution in [0.25, 0.3) is 5.69 Å². The quantitative estimate of drug-likeness (QED) is 0.376. The maximum Gasteiger partial charge on any atom is 0.431 e. The number of primary amides is 1. The number of methoxy groups -OCH3 is 1. The van der Waals surface area contributed by atoms with Crippen LogP contribution in [-0.4, -0.2) is 33.4 Å². The Morgan fingerprint density at radius 3 is 2.49 bits per heavy atom. The fraction of sp³-hybridized carbons (Fsp3) is 0.200. The van der Waals surface area contributed by atoms with Crippen LogP contribution >= 0.6 is 11.6 Å². The van der Waals surface area contributed by atoms with Gasteiger partial charge in [-0.1, -0.05) is 11.6 Å². The highest BCUT2D eigenvalue weighted by Gasteiger charge is 2.35. The van der Waals surface area contributed by atoms with Gasteiger partial charge in [0.1, 0.15) is 17.3 Å². The summed E-state index contributed by atoms with van der Waals surface area (Å²) in [6, 6.07) is 4.39. The molecule has 2 aromatic heterocycles. The molecule has 0 spiro atoms. The number of nitrogens with two attached hydrogens (primary N) is 1. The number of benzene rings is 1. The number of aromatic nitrogens is 3. The van der Waals surface area contributed by atoms with Crippen LogP contribution in [0.15, 0.2) is 46.1 Å². The zero-order valence-corrected chi connectivity index (χ0v) is 18.6. The molecule has 1 atom stereocenters. The number of ether oxygens (including phenoxy) is 3. The highest BCUT2D eigenvalue weighted by molar-refractivity contribution is 6.32. The summed E-state index contributed by atoms with van der Waals surface area (Å²) >= 11 is 6.03. The van der Waals surface area contributed by atoms with Crippen molar-refractivity contribution in [2.75, 3.05) is 7.11 Å². The normalized spacial score (nSPS) is 12.3. The molecule has 1 amide bonds. The summed E-state index contributed by atoms with van der Waals surface area (Å²) in [5.41, 5.74) is -0.0159. The minimum Gasteiger partial charge on any atom is -0.450 e. The van der Waals surface area contributed by atoms with Crippen LogP contribution in [0.2, 0.25) is 5.02 Å². The number of hydrogen-bond acceptors (Lipinski definition) is 7. The second-order valence-electron chi connectivity index (χ2n) is 6.77. The number of carbonyl (C=O) groups is 1. The monoisotopic (exact) mass is 518 g/mol. The van der Waals surface area contributed by atoms with Crippen molar-refractivity contribution >= 4 is 17.5 Å². The van der Waals surface area contributed by atoms with E-state index < -0.39 is 46.8 Å². The molecule has 0 aliphatic heterocycles. The molecule has 3 rings (SSSR count). The number of amides is 1. The van der Waals surface area contributed by atoms with Crippen molar-refractivity contribution in [3.63, 3.8) is 0 Å². The predicted molar refractivity (Wildman–Crippen MR) is 112 cm³/mol. The summed E-state index contributed by atoms with van der Waals surface area (Å²) in [5, 5.41) is -0.337. The highest BCUT2D eigenvalue weighted by Crippen LogP contribution is 2.36. The SMILES string of the molecule is COC(Oc1ncccc1Oc1cc(-n2c(=O)cc(C(F)(F)F)n(C)c2=O)c(F)cc1Cl)C(N)=O. The van der Waals surface area contributed by atoms with Gasteiger partial charge >= 0.3 is 11.9 Å². The minimum absolute atomic E-state index is 0.151. The van der Waals surface area contributed by atoms with E-state index in [9.17, 15) is 31.9 Å². The van der Waals surface area contributed by atoms with Crippen molar-refractivity contribution in [1.29, 1.82) is 0 Å². The molecule has 0 saturated heterocycles. The molecule has 1 aromatic carbocycles. The molecule has 0 aliphatic carbocycles. The molecule has 0 fully saturated rings. The van der Waals surface area contributed by atoms with Gasteiger partial charge in [0.2, 0.25) is 0 Å². The van der Waals surface area contributed by atoms with E-state index in [0.29, 0.717) is 6.07 Å². The van der Waals surface area contributed by atoms with E-state index in [1.54, 1.807) is 0 Å². The first kappa shape index (κ1) is 25.7. The Hall–Kier alpha value is -3.91. The molecule has 0 radical (unpaired) electrons. The van der Waals surface area contributed by atoms with E-state index in [1.807, 2.05) is 0 Å². The van der Waals surface area contributed by atoms with Gasteiger partial charge in [0.05, 0.1) is 10.7 Å². The fourth-order valence-corrected chi connectivity index (χ4v) is 3.06. The predicted octanol–water partition coefficient (Wildman–Crippen LogP) is 2.37. The number of halogens is 5. The molecular weight excluding hydrogens is 504 g/mol. The van der Waals surface area contributed by atoms with Crippen LogP contribution in [0, 0.1) is 5.82 Å².